The molecular formula is C17H18N4OS. The van der Waals surface area contributed by atoms with E-state index in [4.69, 9.17) is 4.52 Å². The molecule has 1 saturated heterocycles. The zero-order valence-electron chi connectivity index (χ0n) is 12.8. The van der Waals surface area contributed by atoms with E-state index >= 15 is 0 Å². The molecule has 6 heteroatoms. The minimum Gasteiger partial charge on any atom is -0.338 e. The third-order valence-electron chi connectivity index (χ3n) is 4.23. The van der Waals surface area contributed by atoms with E-state index in [1.807, 2.05) is 36.0 Å². The highest BCUT2D eigenvalue weighted by atomic mass is 32.1. The van der Waals surface area contributed by atoms with Crippen LogP contribution in [-0.2, 0) is 6.54 Å². The lowest BCUT2D eigenvalue weighted by molar-refractivity contribution is 0.123. The van der Waals surface area contributed by atoms with Crippen LogP contribution < -0.4 is 0 Å². The van der Waals surface area contributed by atoms with Crippen molar-refractivity contribution < 1.29 is 4.52 Å². The summed E-state index contributed by atoms with van der Waals surface area (Å²) in [5.74, 6) is 1.37. The number of aromatic nitrogens is 3. The first-order valence-corrected chi connectivity index (χ1v) is 8.78. The lowest BCUT2D eigenvalue weighted by Crippen LogP contribution is -2.33. The van der Waals surface area contributed by atoms with E-state index in [2.05, 4.69) is 26.1 Å². The first-order chi connectivity index (χ1) is 11.4. The number of likely N-dealkylation sites (tertiary alicyclic amines) is 1. The Hall–Kier alpha value is -2.05. The second kappa shape index (κ2) is 6.60. The van der Waals surface area contributed by atoms with Crippen LogP contribution in [0.25, 0.3) is 10.7 Å². The Morgan fingerprint density at radius 1 is 1.26 bits per heavy atom. The van der Waals surface area contributed by atoms with Crippen molar-refractivity contribution >= 4 is 11.3 Å². The van der Waals surface area contributed by atoms with Crippen molar-refractivity contribution in [2.45, 2.75) is 31.8 Å². The number of rotatable bonds is 4. The molecule has 0 amide bonds. The number of hydrogen-bond donors (Lipinski definition) is 0. The van der Waals surface area contributed by atoms with Gasteiger partial charge >= 0.3 is 0 Å². The molecule has 0 radical (unpaired) electrons. The summed E-state index contributed by atoms with van der Waals surface area (Å²) in [5, 5.41) is 6.13. The highest BCUT2D eigenvalue weighted by molar-refractivity contribution is 7.13. The number of piperidine rings is 1. The predicted octanol–water partition coefficient (Wildman–Crippen LogP) is 3.92. The van der Waals surface area contributed by atoms with Gasteiger partial charge < -0.3 is 4.52 Å². The molecule has 4 rings (SSSR count). The molecule has 118 valence electrons. The molecule has 1 aliphatic rings. The second-order valence-corrected chi connectivity index (χ2v) is 6.71. The standard InChI is InChI=1S/C17H18N4OS/c1-2-9-21(14(6-1)13-5-3-8-18-11-13)12-16-19-17(20-22-16)15-7-4-10-23-15/h3-5,7-8,10-11,14H,1-2,6,9,12H2. The van der Waals surface area contributed by atoms with E-state index in [1.165, 1.54) is 18.4 Å². The van der Waals surface area contributed by atoms with Gasteiger partial charge in [0.1, 0.15) is 0 Å². The summed E-state index contributed by atoms with van der Waals surface area (Å²) < 4.78 is 5.46. The SMILES string of the molecule is c1cncc(C2CCCCN2Cc2nc(-c3cccs3)no2)c1. The Morgan fingerprint density at radius 3 is 3.09 bits per heavy atom. The van der Waals surface area contributed by atoms with Crippen molar-refractivity contribution in [3.8, 4) is 10.7 Å². The van der Waals surface area contributed by atoms with E-state index in [0.29, 0.717) is 24.3 Å². The maximum atomic E-state index is 5.46. The smallest absolute Gasteiger partial charge is 0.241 e. The molecule has 1 aliphatic heterocycles. The Balaban J connectivity index is 1.52. The van der Waals surface area contributed by atoms with Crippen LogP contribution in [0.5, 0.6) is 0 Å². The minimum absolute atomic E-state index is 0.384. The van der Waals surface area contributed by atoms with Crippen molar-refractivity contribution in [2.24, 2.45) is 0 Å². The van der Waals surface area contributed by atoms with Gasteiger partial charge in [-0.1, -0.05) is 23.7 Å². The first kappa shape index (κ1) is 14.5. The third kappa shape index (κ3) is 3.18. The first-order valence-electron chi connectivity index (χ1n) is 7.90. The molecule has 0 aromatic carbocycles. The average molecular weight is 326 g/mol. The molecule has 5 nitrogen and oxygen atoms in total. The van der Waals surface area contributed by atoms with Gasteiger partial charge in [-0.2, -0.15) is 4.98 Å². The summed E-state index contributed by atoms with van der Waals surface area (Å²) >= 11 is 1.63. The van der Waals surface area contributed by atoms with Crippen LogP contribution in [0.3, 0.4) is 0 Å². The van der Waals surface area contributed by atoms with Crippen LogP contribution in [0.2, 0.25) is 0 Å². The van der Waals surface area contributed by atoms with Crippen molar-refractivity contribution in [3.05, 3.63) is 53.5 Å². The summed E-state index contributed by atoms with van der Waals surface area (Å²) in [6.45, 7) is 1.74. The largest absolute Gasteiger partial charge is 0.338 e. The van der Waals surface area contributed by atoms with E-state index in [1.54, 1.807) is 11.3 Å². The van der Waals surface area contributed by atoms with E-state index in [-0.39, 0.29) is 0 Å². The normalized spacial score (nSPS) is 19.0. The van der Waals surface area contributed by atoms with Crippen molar-refractivity contribution in [2.75, 3.05) is 6.54 Å². The topological polar surface area (TPSA) is 55.1 Å². The second-order valence-electron chi connectivity index (χ2n) is 5.76. The molecule has 3 aromatic heterocycles. The van der Waals surface area contributed by atoms with Gasteiger partial charge in [0.15, 0.2) is 0 Å². The van der Waals surface area contributed by atoms with Crippen LogP contribution in [0, 0.1) is 0 Å². The molecule has 1 fully saturated rings. The van der Waals surface area contributed by atoms with Crippen LogP contribution in [-0.4, -0.2) is 26.6 Å². The monoisotopic (exact) mass is 326 g/mol. The summed E-state index contributed by atoms with van der Waals surface area (Å²) in [4.78, 5) is 12.3. The summed E-state index contributed by atoms with van der Waals surface area (Å²) in [5.41, 5.74) is 1.27. The fourth-order valence-corrected chi connectivity index (χ4v) is 3.78. The molecule has 3 aromatic rings. The Kier molecular flexibility index (Phi) is 4.17. The lowest BCUT2D eigenvalue weighted by Gasteiger charge is -2.34. The van der Waals surface area contributed by atoms with Crippen LogP contribution in [0.1, 0.15) is 36.8 Å². The Morgan fingerprint density at radius 2 is 2.26 bits per heavy atom. The van der Waals surface area contributed by atoms with E-state index < -0.39 is 0 Å². The van der Waals surface area contributed by atoms with Gasteiger partial charge in [0.2, 0.25) is 11.7 Å². The third-order valence-corrected chi connectivity index (χ3v) is 5.10. The van der Waals surface area contributed by atoms with Crippen molar-refractivity contribution in [1.82, 2.24) is 20.0 Å². The van der Waals surface area contributed by atoms with Crippen molar-refractivity contribution in [3.63, 3.8) is 0 Å². The molecule has 0 spiro atoms. The van der Waals surface area contributed by atoms with Crippen LogP contribution in [0.4, 0.5) is 0 Å². The van der Waals surface area contributed by atoms with Gasteiger partial charge in [-0.05, 0) is 42.5 Å². The number of hydrogen-bond acceptors (Lipinski definition) is 6. The van der Waals surface area contributed by atoms with Gasteiger partial charge in [-0.15, -0.1) is 11.3 Å². The molecule has 0 bridgehead atoms. The number of pyridine rings is 1. The fourth-order valence-electron chi connectivity index (χ4n) is 3.13. The minimum atomic E-state index is 0.384. The van der Waals surface area contributed by atoms with E-state index in [0.717, 1.165) is 17.8 Å². The summed E-state index contributed by atoms with van der Waals surface area (Å²) in [6.07, 6.45) is 7.40. The summed E-state index contributed by atoms with van der Waals surface area (Å²) in [7, 11) is 0. The highest BCUT2D eigenvalue weighted by Crippen LogP contribution is 2.31. The van der Waals surface area contributed by atoms with Gasteiger partial charge in [-0.3, -0.25) is 9.88 Å². The molecule has 1 unspecified atom stereocenters. The highest BCUT2D eigenvalue weighted by Gasteiger charge is 2.26. The molecule has 0 N–H and O–H groups in total. The van der Waals surface area contributed by atoms with Gasteiger partial charge in [0.25, 0.3) is 0 Å². The lowest BCUT2D eigenvalue weighted by atomic mass is 9.96. The molecular weight excluding hydrogens is 308 g/mol. The number of thiophene rings is 1. The molecule has 0 aliphatic carbocycles. The molecule has 4 heterocycles. The Bertz CT molecular complexity index is 741. The van der Waals surface area contributed by atoms with Gasteiger partial charge in [-0.25, -0.2) is 0 Å². The zero-order valence-corrected chi connectivity index (χ0v) is 13.6. The zero-order chi connectivity index (χ0) is 15.5. The molecule has 0 saturated carbocycles. The van der Waals surface area contributed by atoms with Crippen LogP contribution >= 0.6 is 11.3 Å². The Labute approximate surface area is 139 Å². The van der Waals surface area contributed by atoms with Gasteiger partial charge in [0, 0.05) is 18.4 Å². The maximum absolute atomic E-state index is 5.46. The van der Waals surface area contributed by atoms with E-state index in [9.17, 15) is 0 Å². The maximum Gasteiger partial charge on any atom is 0.241 e. The van der Waals surface area contributed by atoms with Crippen molar-refractivity contribution in [1.29, 1.82) is 0 Å². The van der Waals surface area contributed by atoms with Crippen LogP contribution in [0.15, 0.2) is 46.6 Å². The molecule has 1 atom stereocenters. The fraction of sp³-hybridized carbons (Fsp3) is 0.353. The average Bonchev–Trinajstić information content (AvgIpc) is 3.27. The summed E-state index contributed by atoms with van der Waals surface area (Å²) in [6, 6.07) is 8.55. The molecule has 23 heavy (non-hydrogen) atoms. The quantitative estimate of drug-likeness (QED) is 0.727. The van der Waals surface area contributed by atoms with Gasteiger partial charge in [0.05, 0.1) is 11.4 Å². The predicted molar refractivity (Wildman–Crippen MR) is 88.9 cm³/mol. The number of nitrogens with zero attached hydrogens (tertiary/aromatic N) is 4.